The van der Waals surface area contributed by atoms with Gasteiger partial charge < -0.3 is 19.1 Å². The Morgan fingerprint density at radius 3 is 2.82 bits per heavy atom. The number of halogens is 3. The minimum absolute atomic E-state index is 0.00207. The van der Waals surface area contributed by atoms with Gasteiger partial charge in [-0.05, 0) is 13.3 Å². The van der Waals surface area contributed by atoms with Gasteiger partial charge in [-0.15, -0.1) is 0 Å². The minimum Gasteiger partial charge on any atom is -0.377 e. The van der Waals surface area contributed by atoms with Crippen molar-refractivity contribution in [1.29, 1.82) is 0 Å². The molecule has 152 valence electrons. The Balaban J connectivity index is 1.78. The fraction of sp³-hybridized carbons (Fsp3) is 0.588. The summed E-state index contributed by atoms with van der Waals surface area (Å²) in [6, 6.07) is 1.09. The maximum Gasteiger partial charge on any atom is 0.408 e. The van der Waals surface area contributed by atoms with Crippen LogP contribution in [0.5, 0.6) is 0 Å². The summed E-state index contributed by atoms with van der Waals surface area (Å²) in [5.41, 5.74) is -0.0356. The van der Waals surface area contributed by atoms with Crippen LogP contribution in [0.2, 0.25) is 0 Å². The second-order valence-corrected chi connectivity index (χ2v) is 6.99. The molecule has 0 N–H and O–H groups in total. The Morgan fingerprint density at radius 1 is 1.32 bits per heavy atom. The summed E-state index contributed by atoms with van der Waals surface area (Å²) >= 11 is 0. The number of ether oxygens (including phenoxy) is 1. The van der Waals surface area contributed by atoms with Gasteiger partial charge in [-0.2, -0.15) is 18.2 Å². The molecule has 0 spiro atoms. The summed E-state index contributed by atoms with van der Waals surface area (Å²) < 4.78 is 52.6. The lowest BCUT2D eigenvalue weighted by molar-refractivity contribution is -0.153. The molecule has 0 amide bonds. The van der Waals surface area contributed by atoms with E-state index in [-0.39, 0.29) is 37.1 Å². The summed E-state index contributed by atoms with van der Waals surface area (Å²) in [5.74, 6) is 0.359. The average molecular weight is 399 g/mol. The monoisotopic (exact) mass is 399 g/mol. The second-order valence-electron chi connectivity index (χ2n) is 6.99. The van der Waals surface area contributed by atoms with E-state index in [1.807, 2.05) is 11.8 Å². The lowest BCUT2D eigenvalue weighted by Gasteiger charge is -2.40. The Bertz CT molecular complexity index is 883. The maximum atomic E-state index is 13.7. The highest BCUT2D eigenvalue weighted by Crippen LogP contribution is 2.35. The molecule has 0 bridgehead atoms. The Labute approximate surface area is 158 Å². The first-order chi connectivity index (χ1) is 13.3. The molecule has 2 aromatic heterocycles. The highest BCUT2D eigenvalue weighted by molar-refractivity contribution is 5.47. The summed E-state index contributed by atoms with van der Waals surface area (Å²) in [7, 11) is 0. The normalized spacial score (nSPS) is 23.0. The zero-order valence-corrected chi connectivity index (χ0v) is 15.2. The minimum atomic E-state index is -4.46. The van der Waals surface area contributed by atoms with Crippen LogP contribution in [0.3, 0.4) is 0 Å². The van der Waals surface area contributed by atoms with Gasteiger partial charge in [0.15, 0.2) is 0 Å². The van der Waals surface area contributed by atoms with Crippen LogP contribution in [-0.4, -0.2) is 52.7 Å². The quantitative estimate of drug-likeness (QED) is 0.779. The molecule has 2 aliphatic heterocycles. The molecule has 1 saturated heterocycles. The van der Waals surface area contributed by atoms with Gasteiger partial charge in [-0.3, -0.25) is 9.36 Å². The number of alkyl halides is 3. The predicted molar refractivity (Wildman–Crippen MR) is 93.3 cm³/mol. The molecule has 0 unspecified atom stereocenters. The average Bonchev–Trinajstić information content (AvgIpc) is 3.14. The van der Waals surface area contributed by atoms with Crippen LogP contribution in [0.1, 0.15) is 19.0 Å². The molecule has 4 rings (SSSR count). The summed E-state index contributed by atoms with van der Waals surface area (Å²) in [6.45, 7) is 3.17. The van der Waals surface area contributed by atoms with E-state index in [4.69, 9.17) is 9.26 Å². The summed E-state index contributed by atoms with van der Waals surface area (Å²) in [5, 5.41) is 3.72. The van der Waals surface area contributed by atoms with Crippen molar-refractivity contribution in [3.8, 4) is 0 Å². The zero-order chi connectivity index (χ0) is 19.9. The smallest absolute Gasteiger partial charge is 0.377 e. The van der Waals surface area contributed by atoms with Gasteiger partial charge in [0, 0.05) is 25.2 Å². The number of rotatable bonds is 3. The largest absolute Gasteiger partial charge is 0.408 e. The van der Waals surface area contributed by atoms with E-state index < -0.39 is 12.2 Å². The van der Waals surface area contributed by atoms with Crippen LogP contribution in [0.25, 0.3) is 0 Å². The zero-order valence-electron chi connectivity index (χ0n) is 15.2. The molecule has 1 fully saturated rings. The van der Waals surface area contributed by atoms with Crippen LogP contribution in [0, 0.1) is 0 Å². The van der Waals surface area contributed by atoms with Gasteiger partial charge in [0.05, 0.1) is 25.8 Å². The predicted octanol–water partition coefficient (Wildman–Crippen LogP) is 1.80. The van der Waals surface area contributed by atoms with E-state index in [1.165, 1.54) is 23.0 Å². The van der Waals surface area contributed by atoms with Crippen LogP contribution in [0.4, 0.5) is 24.9 Å². The fourth-order valence-electron chi connectivity index (χ4n) is 3.69. The number of hydrogen-bond donors (Lipinski definition) is 0. The van der Waals surface area contributed by atoms with Crippen LogP contribution in [-0.2, 0) is 17.8 Å². The molecule has 2 aromatic rings. The molecular formula is C17H20F3N5O3. The van der Waals surface area contributed by atoms with Crippen molar-refractivity contribution < 1.29 is 22.4 Å². The highest BCUT2D eigenvalue weighted by atomic mass is 19.4. The first-order valence-electron chi connectivity index (χ1n) is 9.03. The first-order valence-corrected chi connectivity index (χ1v) is 9.03. The van der Waals surface area contributed by atoms with Crippen LogP contribution < -0.4 is 15.4 Å². The Morgan fingerprint density at radius 2 is 2.14 bits per heavy atom. The fourth-order valence-corrected chi connectivity index (χ4v) is 3.69. The van der Waals surface area contributed by atoms with Gasteiger partial charge in [0.25, 0.3) is 5.56 Å². The van der Waals surface area contributed by atoms with Crippen molar-refractivity contribution >= 4 is 11.8 Å². The van der Waals surface area contributed by atoms with E-state index in [0.717, 1.165) is 4.90 Å². The molecule has 0 saturated carbocycles. The molecule has 11 heteroatoms. The molecule has 8 nitrogen and oxygen atoms in total. The van der Waals surface area contributed by atoms with E-state index in [2.05, 4.69) is 10.1 Å². The molecule has 2 atom stereocenters. The Kier molecular flexibility index (Phi) is 4.77. The van der Waals surface area contributed by atoms with E-state index in [1.54, 1.807) is 0 Å². The van der Waals surface area contributed by atoms with Gasteiger partial charge in [0.1, 0.15) is 23.8 Å². The molecule has 0 aliphatic carbocycles. The number of nitrogens with zero attached hydrogens (tertiary/aromatic N) is 5. The highest BCUT2D eigenvalue weighted by Gasteiger charge is 2.47. The van der Waals surface area contributed by atoms with E-state index in [0.29, 0.717) is 31.3 Å². The van der Waals surface area contributed by atoms with Gasteiger partial charge in [-0.1, -0.05) is 5.16 Å². The SMILES string of the molecule is C[C@@H]1COCCN1c1cc(=O)n2c(n1)N(Cc1ccon1)[C@H](C(F)(F)F)CC2. The molecule has 4 heterocycles. The maximum absolute atomic E-state index is 13.7. The molecular weight excluding hydrogens is 379 g/mol. The van der Waals surface area contributed by atoms with Crippen LogP contribution in [0.15, 0.2) is 27.7 Å². The van der Waals surface area contributed by atoms with Gasteiger partial charge >= 0.3 is 6.18 Å². The second kappa shape index (κ2) is 7.12. The van der Waals surface area contributed by atoms with Crippen LogP contribution >= 0.6 is 0 Å². The summed E-state index contributed by atoms with van der Waals surface area (Å²) in [4.78, 5) is 20.1. The van der Waals surface area contributed by atoms with Crippen molar-refractivity contribution in [2.75, 3.05) is 29.6 Å². The van der Waals surface area contributed by atoms with Crippen molar-refractivity contribution in [2.45, 2.75) is 44.7 Å². The lowest BCUT2D eigenvalue weighted by atomic mass is 10.1. The van der Waals surface area contributed by atoms with Crippen molar-refractivity contribution in [3.63, 3.8) is 0 Å². The van der Waals surface area contributed by atoms with E-state index in [9.17, 15) is 18.0 Å². The van der Waals surface area contributed by atoms with Gasteiger partial charge in [0.2, 0.25) is 5.95 Å². The lowest BCUT2D eigenvalue weighted by Crippen LogP contribution is -2.52. The first kappa shape index (κ1) is 18.8. The topological polar surface area (TPSA) is 76.6 Å². The molecule has 0 radical (unpaired) electrons. The van der Waals surface area contributed by atoms with Crippen molar-refractivity contribution in [2.24, 2.45) is 0 Å². The number of fused-ring (bicyclic) bond motifs is 1. The molecule has 0 aromatic carbocycles. The number of anilines is 2. The third kappa shape index (κ3) is 3.46. The standard InChI is InChI=1S/C17H20F3N5O3/c1-11-10-27-7-5-23(11)14-8-15(26)24-4-2-13(17(18,19)20)25(16(24)21-14)9-12-3-6-28-22-12/h3,6,8,11,13H,2,4-5,7,9-10H2,1H3/t11-,13+/m1/s1. The summed E-state index contributed by atoms with van der Waals surface area (Å²) in [6.07, 6.45) is -3.40. The Hall–Kier alpha value is -2.56. The third-order valence-electron chi connectivity index (χ3n) is 5.10. The molecule has 2 aliphatic rings. The van der Waals surface area contributed by atoms with E-state index >= 15 is 0 Å². The van der Waals surface area contributed by atoms with Gasteiger partial charge in [-0.25, -0.2) is 0 Å². The number of aromatic nitrogens is 3. The number of morpholine rings is 1. The van der Waals surface area contributed by atoms with Crippen molar-refractivity contribution in [1.82, 2.24) is 14.7 Å². The number of hydrogen-bond acceptors (Lipinski definition) is 7. The third-order valence-corrected chi connectivity index (χ3v) is 5.10. The van der Waals surface area contributed by atoms with Crippen molar-refractivity contribution in [3.05, 3.63) is 34.4 Å². The molecule has 28 heavy (non-hydrogen) atoms.